The van der Waals surface area contributed by atoms with Crippen LogP contribution in [-0.4, -0.2) is 32.8 Å². The van der Waals surface area contributed by atoms with Crippen LogP contribution in [0.25, 0.3) is 0 Å². The first kappa shape index (κ1) is 16.6. The van der Waals surface area contributed by atoms with Gasteiger partial charge in [-0.25, -0.2) is 0 Å². The van der Waals surface area contributed by atoms with Gasteiger partial charge in [0.15, 0.2) is 0 Å². The summed E-state index contributed by atoms with van der Waals surface area (Å²) in [6, 6.07) is 6.60. The van der Waals surface area contributed by atoms with E-state index in [-0.39, 0.29) is 6.04 Å². The summed E-state index contributed by atoms with van der Waals surface area (Å²) in [6.07, 6.45) is 4.21. The van der Waals surface area contributed by atoms with Crippen molar-refractivity contribution in [3.05, 3.63) is 28.8 Å². The molecule has 0 saturated carbocycles. The molecule has 0 amide bonds. The van der Waals surface area contributed by atoms with Crippen LogP contribution < -0.4 is 10.6 Å². The van der Waals surface area contributed by atoms with Crippen molar-refractivity contribution < 1.29 is 4.74 Å². The van der Waals surface area contributed by atoms with Crippen LogP contribution in [0, 0.1) is 5.92 Å². The Hall–Kier alpha value is -0.770. The summed E-state index contributed by atoms with van der Waals surface area (Å²) in [5.41, 5.74) is 8.40. The maximum atomic E-state index is 6.43. The lowest BCUT2D eigenvalue weighted by Crippen LogP contribution is -2.35. The zero-order chi connectivity index (χ0) is 15.2. The van der Waals surface area contributed by atoms with Gasteiger partial charge < -0.3 is 15.4 Å². The molecule has 3 nitrogen and oxygen atoms in total. The van der Waals surface area contributed by atoms with Crippen molar-refractivity contribution in [2.75, 3.05) is 31.7 Å². The maximum absolute atomic E-state index is 6.43. The van der Waals surface area contributed by atoms with Crippen LogP contribution in [0.5, 0.6) is 0 Å². The maximum Gasteiger partial charge on any atom is 0.0491 e. The number of nitrogens with zero attached hydrogens (tertiary/aromatic N) is 1. The lowest BCUT2D eigenvalue weighted by molar-refractivity contribution is 0.139. The van der Waals surface area contributed by atoms with Gasteiger partial charge in [-0.3, -0.25) is 0 Å². The van der Waals surface area contributed by atoms with Crippen LogP contribution in [0.1, 0.15) is 31.7 Å². The highest BCUT2D eigenvalue weighted by molar-refractivity contribution is 6.31. The molecule has 0 aliphatic carbocycles. The number of rotatable bonds is 6. The topological polar surface area (TPSA) is 38.5 Å². The Balaban J connectivity index is 1.97. The van der Waals surface area contributed by atoms with Gasteiger partial charge in [-0.05, 0) is 49.3 Å². The summed E-state index contributed by atoms with van der Waals surface area (Å²) in [4.78, 5) is 2.42. The van der Waals surface area contributed by atoms with Gasteiger partial charge in [-0.15, -0.1) is 0 Å². The van der Waals surface area contributed by atoms with Crippen LogP contribution in [0.3, 0.4) is 0 Å². The summed E-state index contributed by atoms with van der Waals surface area (Å²) in [5, 5.41) is 0.843. The standard InChI is InChI=1S/C17H27ClN2O/c1-3-15(19)10-14-4-5-16(11-17(14)18)20-8-6-13(7-9-20)12-21-2/h4-5,11,13,15H,3,6-10,12,19H2,1-2H3. The van der Waals surface area contributed by atoms with Crippen molar-refractivity contribution in [3.8, 4) is 0 Å². The van der Waals surface area contributed by atoms with Crippen molar-refractivity contribution in [1.82, 2.24) is 0 Å². The van der Waals surface area contributed by atoms with E-state index in [1.54, 1.807) is 7.11 Å². The van der Waals surface area contributed by atoms with E-state index in [4.69, 9.17) is 22.1 Å². The molecule has 1 atom stereocenters. The van der Waals surface area contributed by atoms with Gasteiger partial charge in [0.1, 0.15) is 0 Å². The van der Waals surface area contributed by atoms with E-state index < -0.39 is 0 Å². The van der Waals surface area contributed by atoms with Gasteiger partial charge in [0.2, 0.25) is 0 Å². The first-order chi connectivity index (χ1) is 10.1. The summed E-state index contributed by atoms with van der Waals surface area (Å²) >= 11 is 6.43. The molecule has 1 aromatic carbocycles. The van der Waals surface area contributed by atoms with Crippen LogP contribution >= 0.6 is 11.6 Å². The summed E-state index contributed by atoms with van der Waals surface area (Å²) in [5.74, 6) is 0.698. The molecule has 0 spiro atoms. The lowest BCUT2D eigenvalue weighted by Gasteiger charge is -2.33. The molecule has 1 aliphatic heterocycles. The van der Waals surface area contributed by atoms with E-state index in [0.717, 1.165) is 43.1 Å². The average molecular weight is 311 g/mol. The van der Waals surface area contributed by atoms with Crippen LogP contribution in [-0.2, 0) is 11.2 Å². The Morgan fingerprint density at radius 2 is 2.10 bits per heavy atom. The molecule has 118 valence electrons. The fourth-order valence-corrected chi connectivity index (χ4v) is 3.17. The van der Waals surface area contributed by atoms with E-state index in [1.807, 2.05) is 0 Å². The number of piperidine rings is 1. The van der Waals surface area contributed by atoms with Crippen LogP contribution in [0.4, 0.5) is 5.69 Å². The first-order valence-electron chi connectivity index (χ1n) is 7.92. The number of ether oxygens (including phenoxy) is 1. The first-order valence-corrected chi connectivity index (χ1v) is 8.29. The molecule has 1 aliphatic rings. The highest BCUT2D eigenvalue weighted by Gasteiger charge is 2.19. The van der Waals surface area contributed by atoms with E-state index in [1.165, 1.54) is 18.5 Å². The molecule has 1 heterocycles. The van der Waals surface area contributed by atoms with Gasteiger partial charge in [-0.1, -0.05) is 24.6 Å². The van der Waals surface area contributed by atoms with Crippen LogP contribution in [0.2, 0.25) is 5.02 Å². The third-order valence-corrected chi connectivity index (χ3v) is 4.78. The molecule has 1 aromatic rings. The van der Waals surface area contributed by atoms with Crippen molar-refractivity contribution in [1.29, 1.82) is 0 Å². The van der Waals surface area contributed by atoms with Gasteiger partial charge in [0, 0.05) is 43.6 Å². The second-order valence-corrected chi connectivity index (χ2v) is 6.44. The number of nitrogens with two attached hydrogens (primary N) is 1. The minimum absolute atomic E-state index is 0.193. The molecule has 1 unspecified atom stereocenters. The Labute approximate surface area is 133 Å². The Morgan fingerprint density at radius 3 is 2.67 bits per heavy atom. The fraction of sp³-hybridized carbons (Fsp3) is 0.647. The quantitative estimate of drug-likeness (QED) is 0.874. The molecule has 2 N–H and O–H groups in total. The molecule has 0 radical (unpaired) electrons. The van der Waals surface area contributed by atoms with E-state index in [2.05, 4.69) is 30.0 Å². The normalized spacial score (nSPS) is 18.0. The molecular weight excluding hydrogens is 284 g/mol. The largest absolute Gasteiger partial charge is 0.384 e. The summed E-state index contributed by atoms with van der Waals surface area (Å²) in [7, 11) is 1.78. The molecule has 4 heteroatoms. The minimum atomic E-state index is 0.193. The van der Waals surface area contributed by atoms with Gasteiger partial charge >= 0.3 is 0 Å². The molecular formula is C17H27ClN2O. The summed E-state index contributed by atoms with van der Waals surface area (Å²) in [6.45, 7) is 5.15. The SMILES string of the molecule is CCC(N)Cc1ccc(N2CCC(COC)CC2)cc1Cl. The predicted octanol–water partition coefficient (Wildman–Crippen LogP) is 3.48. The highest BCUT2D eigenvalue weighted by Crippen LogP contribution is 2.28. The van der Waals surface area contributed by atoms with Gasteiger partial charge in [0.05, 0.1) is 0 Å². The van der Waals surface area contributed by atoms with Gasteiger partial charge in [0.25, 0.3) is 0 Å². The zero-order valence-corrected chi connectivity index (χ0v) is 13.9. The molecule has 1 saturated heterocycles. The molecule has 0 bridgehead atoms. The second kappa shape index (κ2) is 8.02. The number of hydrogen-bond donors (Lipinski definition) is 1. The molecule has 0 aromatic heterocycles. The molecule has 21 heavy (non-hydrogen) atoms. The Morgan fingerprint density at radius 1 is 1.38 bits per heavy atom. The van der Waals surface area contributed by atoms with Gasteiger partial charge in [-0.2, -0.15) is 0 Å². The number of benzene rings is 1. The number of anilines is 1. The number of halogens is 1. The van der Waals surface area contributed by atoms with Crippen molar-refractivity contribution >= 4 is 17.3 Å². The Bertz CT molecular complexity index is 444. The Kier molecular flexibility index (Phi) is 6.34. The summed E-state index contributed by atoms with van der Waals surface area (Å²) < 4.78 is 5.25. The molecule has 1 fully saturated rings. The molecule has 2 rings (SSSR count). The number of methoxy groups -OCH3 is 1. The minimum Gasteiger partial charge on any atom is -0.384 e. The van der Waals surface area contributed by atoms with Crippen molar-refractivity contribution in [2.45, 2.75) is 38.6 Å². The third kappa shape index (κ3) is 4.60. The highest BCUT2D eigenvalue weighted by atomic mass is 35.5. The zero-order valence-electron chi connectivity index (χ0n) is 13.1. The third-order valence-electron chi connectivity index (χ3n) is 4.43. The lowest BCUT2D eigenvalue weighted by atomic mass is 9.97. The second-order valence-electron chi connectivity index (χ2n) is 6.03. The average Bonchev–Trinajstić information content (AvgIpc) is 2.50. The van der Waals surface area contributed by atoms with Crippen molar-refractivity contribution in [2.24, 2.45) is 11.7 Å². The van der Waals surface area contributed by atoms with Crippen molar-refractivity contribution in [3.63, 3.8) is 0 Å². The van der Waals surface area contributed by atoms with E-state index in [0.29, 0.717) is 5.92 Å². The monoisotopic (exact) mass is 310 g/mol. The predicted molar refractivity (Wildman–Crippen MR) is 90.2 cm³/mol. The smallest absolute Gasteiger partial charge is 0.0491 e. The fourth-order valence-electron chi connectivity index (χ4n) is 2.92. The van der Waals surface area contributed by atoms with E-state index in [9.17, 15) is 0 Å². The number of hydrogen-bond acceptors (Lipinski definition) is 3. The van der Waals surface area contributed by atoms with E-state index >= 15 is 0 Å². The van der Waals surface area contributed by atoms with Crippen LogP contribution in [0.15, 0.2) is 18.2 Å².